The van der Waals surface area contributed by atoms with Gasteiger partial charge in [0, 0.05) is 24.2 Å². The van der Waals surface area contributed by atoms with Crippen LogP contribution >= 0.6 is 0 Å². The van der Waals surface area contributed by atoms with Crippen molar-refractivity contribution in [3.8, 4) is 11.5 Å². The predicted octanol–water partition coefficient (Wildman–Crippen LogP) is 8.44. The first-order valence-corrected chi connectivity index (χ1v) is 15.7. The molecular formula is C36H51N2O3+. The van der Waals surface area contributed by atoms with Gasteiger partial charge in [-0.3, -0.25) is 4.79 Å². The summed E-state index contributed by atoms with van der Waals surface area (Å²) in [6.45, 7) is 3.94. The number of amides is 1. The molecule has 0 aliphatic heterocycles. The molecule has 0 aliphatic carbocycles. The van der Waals surface area contributed by atoms with Gasteiger partial charge in [0.05, 0.1) is 13.7 Å². The average molecular weight is 560 g/mol. The Kier molecular flexibility index (Phi) is 14.8. The highest BCUT2D eigenvalue weighted by molar-refractivity contribution is 5.94. The maximum atomic E-state index is 13.5. The van der Waals surface area contributed by atoms with E-state index >= 15 is 0 Å². The molecule has 0 fully saturated rings. The third kappa shape index (κ3) is 11.6. The van der Waals surface area contributed by atoms with E-state index in [0.29, 0.717) is 31.0 Å². The SMILES string of the molecule is CCCCCCCCCCCCCCOc1ccc(CN(Cc2cccc[n+]2C)C(=O)c2ccccc2)cc1OC. The van der Waals surface area contributed by atoms with Gasteiger partial charge in [0.2, 0.25) is 5.69 Å². The summed E-state index contributed by atoms with van der Waals surface area (Å²) in [6, 6.07) is 21.5. The number of benzene rings is 2. The van der Waals surface area contributed by atoms with Crippen molar-refractivity contribution in [3.05, 3.63) is 89.7 Å². The fourth-order valence-electron chi connectivity index (χ4n) is 5.16. The zero-order chi connectivity index (χ0) is 29.1. The highest BCUT2D eigenvalue weighted by Crippen LogP contribution is 2.29. The fraction of sp³-hybridized carbons (Fsp3) is 0.500. The number of ether oxygens (including phenoxy) is 2. The molecule has 0 spiro atoms. The highest BCUT2D eigenvalue weighted by Gasteiger charge is 2.21. The Balaban J connectivity index is 1.48. The molecule has 3 aromatic rings. The summed E-state index contributed by atoms with van der Waals surface area (Å²) in [5.74, 6) is 1.47. The number of aryl methyl sites for hydroxylation is 1. The first kappa shape index (κ1) is 32.2. The van der Waals surface area contributed by atoms with E-state index in [1.54, 1.807) is 7.11 Å². The van der Waals surface area contributed by atoms with Crippen LogP contribution in [0.5, 0.6) is 11.5 Å². The smallest absolute Gasteiger partial charge is 0.254 e. The molecule has 0 N–H and O–H groups in total. The summed E-state index contributed by atoms with van der Waals surface area (Å²) in [5.41, 5.74) is 2.74. The molecule has 1 heterocycles. The van der Waals surface area contributed by atoms with Crippen molar-refractivity contribution < 1.29 is 18.8 Å². The van der Waals surface area contributed by atoms with Gasteiger partial charge in [-0.1, -0.05) is 108 Å². The van der Waals surface area contributed by atoms with Gasteiger partial charge in [-0.2, -0.15) is 0 Å². The summed E-state index contributed by atoms with van der Waals surface area (Å²) in [7, 11) is 3.68. The van der Waals surface area contributed by atoms with E-state index in [1.165, 1.54) is 70.6 Å². The van der Waals surface area contributed by atoms with E-state index in [-0.39, 0.29) is 5.91 Å². The van der Waals surface area contributed by atoms with Gasteiger partial charge in [0.1, 0.15) is 13.6 Å². The monoisotopic (exact) mass is 559 g/mol. The number of methoxy groups -OCH3 is 1. The van der Waals surface area contributed by atoms with Gasteiger partial charge in [0.15, 0.2) is 17.7 Å². The second-order valence-corrected chi connectivity index (χ2v) is 11.1. The Hall–Kier alpha value is -3.34. The molecule has 5 heteroatoms. The summed E-state index contributed by atoms with van der Waals surface area (Å²) in [6.07, 6.45) is 17.9. The Bertz CT molecular complexity index is 1150. The zero-order valence-electron chi connectivity index (χ0n) is 25.7. The summed E-state index contributed by atoms with van der Waals surface area (Å²) in [5, 5.41) is 0. The van der Waals surface area contributed by atoms with Crippen LogP contribution in [0.1, 0.15) is 106 Å². The number of rotatable bonds is 20. The molecule has 0 aliphatic rings. The largest absolute Gasteiger partial charge is 0.493 e. The molecule has 0 radical (unpaired) electrons. The standard InChI is InChI=1S/C36H51N2O3/c1-4-5-6-7-8-9-10-11-12-13-14-20-27-41-34-25-24-31(28-35(34)40-3)29-38(30-33-23-18-19-26-37(33)2)36(39)32-21-16-15-17-22-32/h15-19,21-26,28H,4-14,20,27,29-30H2,1-3H3/q+1. The fourth-order valence-corrected chi connectivity index (χ4v) is 5.16. The molecule has 1 amide bonds. The van der Waals surface area contributed by atoms with Crippen molar-refractivity contribution >= 4 is 5.91 Å². The van der Waals surface area contributed by atoms with Crippen LogP contribution in [0, 0.1) is 0 Å². The van der Waals surface area contributed by atoms with E-state index in [4.69, 9.17) is 9.47 Å². The van der Waals surface area contributed by atoms with Crippen LogP contribution in [0.15, 0.2) is 72.9 Å². The Morgan fingerprint density at radius 1 is 0.732 bits per heavy atom. The Morgan fingerprint density at radius 3 is 2.00 bits per heavy atom. The Morgan fingerprint density at radius 2 is 1.37 bits per heavy atom. The maximum absolute atomic E-state index is 13.5. The molecule has 5 nitrogen and oxygen atoms in total. The van der Waals surface area contributed by atoms with Crippen LogP contribution in [0.25, 0.3) is 0 Å². The number of unbranched alkanes of at least 4 members (excludes halogenated alkanes) is 11. The van der Waals surface area contributed by atoms with E-state index in [2.05, 4.69) is 17.6 Å². The molecule has 2 aromatic carbocycles. The van der Waals surface area contributed by atoms with Crippen LogP contribution in [-0.4, -0.2) is 24.5 Å². The van der Waals surface area contributed by atoms with Gasteiger partial charge in [-0.25, -0.2) is 4.57 Å². The van der Waals surface area contributed by atoms with E-state index in [0.717, 1.165) is 23.4 Å². The van der Waals surface area contributed by atoms with Crippen LogP contribution < -0.4 is 14.0 Å². The van der Waals surface area contributed by atoms with Gasteiger partial charge >= 0.3 is 0 Å². The molecule has 0 bridgehead atoms. The normalized spacial score (nSPS) is 10.9. The van der Waals surface area contributed by atoms with Gasteiger partial charge in [0.25, 0.3) is 5.91 Å². The molecule has 1 aromatic heterocycles. The second kappa shape index (κ2) is 18.9. The van der Waals surface area contributed by atoms with Gasteiger partial charge < -0.3 is 14.4 Å². The van der Waals surface area contributed by atoms with E-state index in [9.17, 15) is 4.79 Å². The molecule has 0 atom stereocenters. The number of hydrogen-bond donors (Lipinski definition) is 0. The lowest BCUT2D eigenvalue weighted by Gasteiger charge is -2.22. The van der Waals surface area contributed by atoms with Crippen molar-refractivity contribution in [1.29, 1.82) is 0 Å². The van der Waals surface area contributed by atoms with Crippen LogP contribution in [0.4, 0.5) is 0 Å². The second-order valence-electron chi connectivity index (χ2n) is 11.1. The molecule has 222 valence electrons. The predicted molar refractivity (Wildman–Crippen MR) is 167 cm³/mol. The first-order chi connectivity index (χ1) is 20.1. The van der Waals surface area contributed by atoms with Crippen molar-refractivity contribution in [3.63, 3.8) is 0 Å². The number of hydrogen-bond acceptors (Lipinski definition) is 3. The number of carbonyl (C=O) groups excluding carboxylic acids is 1. The van der Waals surface area contributed by atoms with Crippen LogP contribution in [-0.2, 0) is 20.1 Å². The van der Waals surface area contributed by atoms with E-state index < -0.39 is 0 Å². The number of carbonyl (C=O) groups is 1. The van der Waals surface area contributed by atoms with Crippen molar-refractivity contribution in [2.75, 3.05) is 13.7 Å². The lowest BCUT2D eigenvalue weighted by atomic mass is 10.1. The average Bonchev–Trinajstić information content (AvgIpc) is 3.00. The molecule has 41 heavy (non-hydrogen) atoms. The minimum Gasteiger partial charge on any atom is -0.493 e. The first-order valence-electron chi connectivity index (χ1n) is 15.7. The molecule has 3 rings (SSSR count). The van der Waals surface area contributed by atoms with Gasteiger partial charge in [-0.15, -0.1) is 0 Å². The summed E-state index contributed by atoms with van der Waals surface area (Å²) in [4.78, 5) is 15.4. The highest BCUT2D eigenvalue weighted by atomic mass is 16.5. The minimum atomic E-state index is 0.000667. The zero-order valence-corrected chi connectivity index (χ0v) is 25.7. The molecule has 0 saturated heterocycles. The quantitative estimate of drug-likeness (QED) is 0.103. The number of pyridine rings is 1. The maximum Gasteiger partial charge on any atom is 0.254 e. The number of aromatic nitrogens is 1. The van der Waals surface area contributed by atoms with Crippen LogP contribution in [0.3, 0.4) is 0 Å². The molecule has 0 unspecified atom stereocenters. The topological polar surface area (TPSA) is 42.7 Å². The minimum absolute atomic E-state index is 0.000667. The molecule has 0 saturated carbocycles. The summed E-state index contributed by atoms with van der Waals surface area (Å²) < 4.78 is 13.8. The molecular weight excluding hydrogens is 508 g/mol. The third-order valence-electron chi connectivity index (χ3n) is 7.68. The van der Waals surface area contributed by atoms with E-state index in [1.807, 2.05) is 78.8 Å². The van der Waals surface area contributed by atoms with Crippen molar-refractivity contribution in [2.45, 2.75) is 97.1 Å². The Labute approximate surface area is 248 Å². The summed E-state index contributed by atoms with van der Waals surface area (Å²) >= 11 is 0. The lowest BCUT2D eigenvalue weighted by Crippen LogP contribution is -2.39. The van der Waals surface area contributed by atoms with Crippen molar-refractivity contribution in [2.24, 2.45) is 7.05 Å². The van der Waals surface area contributed by atoms with Crippen molar-refractivity contribution in [1.82, 2.24) is 4.90 Å². The van der Waals surface area contributed by atoms with Crippen LogP contribution in [0.2, 0.25) is 0 Å². The number of nitrogens with zero attached hydrogens (tertiary/aromatic N) is 2. The lowest BCUT2D eigenvalue weighted by molar-refractivity contribution is -0.680. The third-order valence-corrected chi connectivity index (χ3v) is 7.68. The van der Waals surface area contributed by atoms with Gasteiger partial charge in [-0.05, 0) is 36.2 Å².